The summed E-state index contributed by atoms with van der Waals surface area (Å²) < 4.78 is 13.2. The number of aliphatic hydroxyl groups is 1. The van der Waals surface area contributed by atoms with Crippen LogP contribution in [-0.2, 0) is 0 Å². The summed E-state index contributed by atoms with van der Waals surface area (Å²) in [5.41, 5.74) is 1.02. The van der Waals surface area contributed by atoms with Crippen LogP contribution in [0.5, 0.6) is 0 Å². The van der Waals surface area contributed by atoms with Crippen molar-refractivity contribution < 1.29 is 14.3 Å². The second-order valence-corrected chi connectivity index (χ2v) is 5.12. The SMILES string of the molecule is Cc1cc(C(=O)N(CCCO)C2CCC2)ccc1F. The van der Waals surface area contributed by atoms with Gasteiger partial charge in [0.15, 0.2) is 0 Å². The van der Waals surface area contributed by atoms with Crippen LogP contribution in [-0.4, -0.2) is 35.1 Å². The van der Waals surface area contributed by atoms with Gasteiger partial charge in [-0.1, -0.05) is 0 Å². The molecule has 2 rings (SSSR count). The van der Waals surface area contributed by atoms with Crippen LogP contribution in [0, 0.1) is 12.7 Å². The lowest BCUT2D eigenvalue weighted by Gasteiger charge is -2.37. The van der Waals surface area contributed by atoms with Gasteiger partial charge >= 0.3 is 0 Å². The van der Waals surface area contributed by atoms with Crippen molar-refractivity contribution in [2.45, 2.75) is 38.6 Å². The standard InChI is InChI=1S/C15H20FNO2/c1-11-10-12(6-7-14(11)16)15(19)17(8-3-9-18)13-4-2-5-13/h6-7,10,13,18H,2-5,8-9H2,1H3. The molecule has 104 valence electrons. The molecule has 1 N–H and O–H groups in total. The average molecular weight is 265 g/mol. The second-order valence-electron chi connectivity index (χ2n) is 5.12. The van der Waals surface area contributed by atoms with E-state index in [2.05, 4.69) is 0 Å². The minimum atomic E-state index is -0.290. The lowest BCUT2D eigenvalue weighted by atomic mass is 9.90. The number of hydrogen-bond acceptors (Lipinski definition) is 2. The molecular formula is C15H20FNO2. The average Bonchev–Trinajstić information content (AvgIpc) is 2.34. The molecule has 0 atom stereocenters. The van der Waals surface area contributed by atoms with Crippen molar-refractivity contribution in [1.29, 1.82) is 0 Å². The Labute approximate surface area is 113 Å². The number of nitrogens with zero attached hydrogens (tertiary/aromatic N) is 1. The summed E-state index contributed by atoms with van der Waals surface area (Å²) in [6.45, 7) is 2.31. The quantitative estimate of drug-likeness (QED) is 0.888. The fourth-order valence-corrected chi connectivity index (χ4v) is 2.33. The van der Waals surface area contributed by atoms with Gasteiger partial charge in [-0.3, -0.25) is 4.79 Å². The number of carbonyl (C=O) groups excluding carboxylic acids is 1. The van der Waals surface area contributed by atoms with Gasteiger partial charge in [0.2, 0.25) is 0 Å². The normalized spacial score (nSPS) is 15.1. The van der Waals surface area contributed by atoms with Gasteiger partial charge in [0.25, 0.3) is 5.91 Å². The summed E-state index contributed by atoms with van der Waals surface area (Å²) in [5, 5.41) is 8.93. The largest absolute Gasteiger partial charge is 0.396 e. The fourth-order valence-electron chi connectivity index (χ4n) is 2.33. The van der Waals surface area contributed by atoms with E-state index in [4.69, 9.17) is 5.11 Å². The monoisotopic (exact) mass is 265 g/mol. The fraction of sp³-hybridized carbons (Fsp3) is 0.533. The molecule has 19 heavy (non-hydrogen) atoms. The molecule has 1 aliphatic rings. The smallest absolute Gasteiger partial charge is 0.254 e. The number of aliphatic hydroxyl groups excluding tert-OH is 1. The van der Waals surface area contributed by atoms with Crippen LogP contribution < -0.4 is 0 Å². The molecule has 0 bridgehead atoms. The van der Waals surface area contributed by atoms with Crippen LogP contribution in [0.25, 0.3) is 0 Å². The van der Waals surface area contributed by atoms with Crippen LogP contribution in [0.1, 0.15) is 41.6 Å². The first-order valence-electron chi connectivity index (χ1n) is 6.81. The van der Waals surface area contributed by atoms with Crippen LogP contribution >= 0.6 is 0 Å². The third-order valence-electron chi connectivity index (χ3n) is 3.74. The summed E-state index contributed by atoms with van der Waals surface area (Å²) in [4.78, 5) is 14.3. The molecule has 0 unspecified atom stereocenters. The van der Waals surface area contributed by atoms with Gasteiger partial charge in [-0.2, -0.15) is 0 Å². The Kier molecular flexibility index (Phi) is 4.53. The van der Waals surface area contributed by atoms with Gasteiger partial charge in [-0.05, 0) is 56.4 Å². The Morgan fingerprint density at radius 2 is 2.21 bits per heavy atom. The zero-order chi connectivity index (χ0) is 13.8. The van der Waals surface area contributed by atoms with E-state index in [1.54, 1.807) is 13.0 Å². The zero-order valence-electron chi connectivity index (χ0n) is 11.2. The van der Waals surface area contributed by atoms with E-state index >= 15 is 0 Å². The summed E-state index contributed by atoms with van der Waals surface area (Å²) in [6.07, 6.45) is 3.78. The molecule has 3 nitrogen and oxygen atoms in total. The highest BCUT2D eigenvalue weighted by molar-refractivity contribution is 5.94. The molecular weight excluding hydrogens is 245 g/mol. The number of benzene rings is 1. The third-order valence-corrected chi connectivity index (χ3v) is 3.74. The van der Waals surface area contributed by atoms with Crippen molar-refractivity contribution in [2.24, 2.45) is 0 Å². The zero-order valence-corrected chi connectivity index (χ0v) is 11.2. The van der Waals surface area contributed by atoms with Gasteiger partial charge in [0.05, 0.1) is 0 Å². The van der Waals surface area contributed by atoms with E-state index < -0.39 is 0 Å². The van der Waals surface area contributed by atoms with E-state index in [-0.39, 0.29) is 24.4 Å². The predicted molar refractivity (Wildman–Crippen MR) is 71.5 cm³/mol. The Bertz CT molecular complexity index is 457. The number of aryl methyl sites for hydroxylation is 1. The van der Waals surface area contributed by atoms with Crippen LogP contribution in [0.2, 0.25) is 0 Å². The molecule has 1 aromatic rings. The van der Waals surface area contributed by atoms with Crippen molar-refractivity contribution in [1.82, 2.24) is 4.90 Å². The van der Waals surface area contributed by atoms with Crippen LogP contribution in [0.15, 0.2) is 18.2 Å². The highest BCUT2D eigenvalue weighted by Gasteiger charge is 2.29. The van der Waals surface area contributed by atoms with Crippen molar-refractivity contribution >= 4 is 5.91 Å². The van der Waals surface area contributed by atoms with Crippen molar-refractivity contribution in [3.8, 4) is 0 Å². The van der Waals surface area contributed by atoms with E-state index in [0.717, 1.165) is 19.3 Å². The van der Waals surface area contributed by atoms with Crippen molar-refractivity contribution in [3.05, 3.63) is 35.1 Å². The summed E-state index contributed by atoms with van der Waals surface area (Å²) in [5.74, 6) is -0.344. The first kappa shape index (κ1) is 14.0. The first-order chi connectivity index (χ1) is 9.13. The minimum absolute atomic E-state index is 0.0544. The summed E-state index contributed by atoms with van der Waals surface area (Å²) in [7, 11) is 0. The molecule has 0 spiro atoms. The maximum absolute atomic E-state index is 13.2. The molecule has 1 aliphatic carbocycles. The van der Waals surface area contributed by atoms with E-state index in [1.807, 2.05) is 4.90 Å². The number of rotatable bonds is 5. The molecule has 1 amide bonds. The number of hydrogen-bond donors (Lipinski definition) is 1. The molecule has 1 saturated carbocycles. The Morgan fingerprint density at radius 3 is 2.74 bits per heavy atom. The van der Waals surface area contributed by atoms with E-state index in [0.29, 0.717) is 24.1 Å². The molecule has 0 heterocycles. The molecule has 1 aromatic carbocycles. The highest BCUT2D eigenvalue weighted by atomic mass is 19.1. The van der Waals surface area contributed by atoms with Crippen LogP contribution in [0.3, 0.4) is 0 Å². The molecule has 1 fully saturated rings. The Balaban J connectivity index is 2.15. The number of carbonyl (C=O) groups is 1. The maximum atomic E-state index is 13.2. The molecule has 0 aliphatic heterocycles. The summed E-state index contributed by atoms with van der Waals surface area (Å²) >= 11 is 0. The predicted octanol–water partition coefficient (Wildman–Crippen LogP) is 2.51. The maximum Gasteiger partial charge on any atom is 0.254 e. The molecule has 0 aromatic heterocycles. The van der Waals surface area contributed by atoms with Crippen molar-refractivity contribution in [2.75, 3.05) is 13.2 Å². The van der Waals surface area contributed by atoms with E-state index in [9.17, 15) is 9.18 Å². The molecule has 0 saturated heterocycles. The Hall–Kier alpha value is -1.42. The topological polar surface area (TPSA) is 40.5 Å². The lowest BCUT2D eigenvalue weighted by molar-refractivity contribution is 0.0562. The van der Waals surface area contributed by atoms with Crippen LogP contribution in [0.4, 0.5) is 4.39 Å². The molecule has 4 heteroatoms. The van der Waals surface area contributed by atoms with Gasteiger partial charge in [-0.15, -0.1) is 0 Å². The number of amides is 1. The third kappa shape index (κ3) is 3.13. The van der Waals surface area contributed by atoms with E-state index in [1.165, 1.54) is 12.1 Å². The van der Waals surface area contributed by atoms with Gasteiger partial charge in [0, 0.05) is 24.8 Å². The molecule has 0 radical (unpaired) electrons. The lowest BCUT2D eigenvalue weighted by Crippen LogP contribution is -2.45. The highest BCUT2D eigenvalue weighted by Crippen LogP contribution is 2.26. The van der Waals surface area contributed by atoms with Gasteiger partial charge in [-0.25, -0.2) is 4.39 Å². The second kappa shape index (κ2) is 6.15. The van der Waals surface area contributed by atoms with Gasteiger partial charge in [0.1, 0.15) is 5.82 Å². The first-order valence-corrected chi connectivity index (χ1v) is 6.81. The summed E-state index contributed by atoms with van der Waals surface area (Å²) in [6, 6.07) is 4.76. The number of halogens is 1. The minimum Gasteiger partial charge on any atom is -0.396 e. The van der Waals surface area contributed by atoms with Gasteiger partial charge < -0.3 is 10.0 Å². The Morgan fingerprint density at radius 1 is 1.47 bits per heavy atom. The van der Waals surface area contributed by atoms with Crippen molar-refractivity contribution in [3.63, 3.8) is 0 Å².